The van der Waals surface area contributed by atoms with Crippen LogP contribution in [0.15, 0.2) is 6.07 Å². The first-order valence-electron chi connectivity index (χ1n) is 4.43. The fraction of sp³-hybridized carbons (Fsp3) is 0.500. The zero-order chi connectivity index (χ0) is 11.1. The number of hydrogen-bond donors (Lipinski definition) is 2. The summed E-state index contributed by atoms with van der Waals surface area (Å²) < 4.78 is 36.9. The van der Waals surface area contributed by atoms with Gasteiger partial charge in [-0.2, -0.15) is 13.2 Å². The molecule has 1 fully saturated rings. The van der Waals surface area contributed by atoms with Crippen LogP contribution < -0.4 is 11.1 Å². The van der Waals surface area contributed by atoms with Crippen LogP contribution >= 0.6 is 0 Å². The van der Waals surface area contributed by atoms with E-state index in [-0.39, 0.29) is 17.7 Å². The van der Waals surface area contributed by atoms with Gasteiger partial charge in [0.25, 0.3) is 0 Å². The average molecular weight is 218 g/mol. The van der Waals surface area contributed by atoms with Gasteiger partial charge >= 0.3 is 6.18 Å². The summed E-state index contributed by atoms with van der Waals surface area (Å²) in [7, 11) is 0. The predicted octanol–water partition coefficient (Wildman–Crippen LogP) is 1.65. The second-order valence-corrected chi connectivity index (χ2v) is 3.42. The first-order valence-corrected chi connectivity index (χ1v) is 4.43. The minimum Gasteiger partial charge on any atom is -0.384 e. The second-order valence-electron chi connectivity index (χ2n) is 3.42. The molecule has 0 bridgehead atoms. The van der Waals surface area contributed by atoms with E-state index < -0.39 is 12.0 Å². The highest BCUT2D eigenvalue weighted by atomic mass is 19.4. The molecule has 0 amide bonds. The van der Waals surface area contributed by atoms with E-state index in [0.29, 0.717) is 0 Å². The standard InChI is InChI=1S/C8H9F3N4/c9-8(10,11)7-14-5(12)3-6(15-7)13-4-1-2-4/h3-4H,1-2H2,(H3,12,13,14,15). The lowest BCUT2D eigenvalue weighted by molar-refractivity contribution is -0.144. The van der Waals surface area contributed by atoms with Crippen LogP contribution in [-0.4, -0.2) is 16.0 Å². The van der Waals surface area contributed by atoms with Crippen molar-refractivity contribution < 1.29 is 13.2 Å². The summed E-state index contributed by atoms with van der Waals surface area (Å²) >= 11 is 0. The Labute approximate surface area is 83.7 Å². The van der Waals surface area contributed by atoms with Gasteiger partial charge in [0.2, 0.25) is 5.82 Å². The number of nitrogens with two attached hydrogens (primary N) is 1. The Hall–Kier alpha value is -1.53. The number of nitrogens with zero attached hydrogens (tertiary/aromatic N) is 2. The Kier molecular flexibility index (Phi) is 2.17. The van der Waals surface area contributed by atoms with Crippen molar-refractivity contribution in [1.82, 2.24) is 9.97 Å². The molecule has 1 heterocycles. The molecule has 0 aliphatic heterocycles. The van der Waals surface area contributed by atoms with Gasteiger partial charge in [0.15, 0.2) is 0 Å². The van der Waals surface area contributed by atoms with E-state index in [1.807, 2.05) is 0 Å². The van der Waals surface area contributed by atoms with Crippen molar-refractivity contribution in [1.29, 1.82) is 0 Å². The van der Waals surface area contributed by atoms with Crippen LogP contribution in [0.3, 0.4) is 0 Å². The van der Waals surface area contributed by atoms with Crippen molar-refractivity contribution in [2.24, 2.45) is 0 Å². The van der Waals surface area contributed by atoms with Crippen molar-refractivity contribution in [3.8, 4) is 0 Å². The van der Waals surface area contributed by atoms with E-state index in [0.717, 1.165) is 12.8 Å². The first kappa shape index (κ1) is 10.0. The smallest absolute Gasteiger partial charge is 0.384 e. The molecule has 1 saturated carbocycles. The van der Waals surface area contributed by atoms with Gasteiger partial charge in [-0.3, -0.25) is 0 Å². The number of hydrogen-bond acceptors (Lipinski definition) is 4. The maximum absolute atomic E-state index is 12.3. The normalized spacial score (nSPS) is 16.5. The maximum atomic E-state index is 12.3. The van der Waals surface area contributed by atoms with Gasteiger partial charge < -0.3 is 11.1 Å². The molecule has 0 saturated heterocycles. The molecule has 1 aromatic heterocycles. The lowest BCUT2D eigenvalue weighted by Gasteiger charge is -2.09. The third-order valence-electron chi connectivity index (χ3n) is 1.93. The van der Waals surface area contributed by atoms with Gasteiger partial charge in [-0.1, -0.05) is 0 Å². The number of aromatic nitrogens is 2. The van der Waals surface area contributed by atoms with Crippen LogP contribution in [0.2, 0.25) is 0 Å². The zero-order valence-corrected chi connectivity index (χ0v) is 7.67. The molecule has 0 atom stereocenters. The van der Waals surface area contributed by atoms with Gasteiger partial charge in [-0.25, -0.2) is 9.97 Å². The third kappa shape index (κ3) is 2.48. The summed E-state index contributed by atoms with van der Waals surface area (Å²) in [5.74, 6) is -1.25. The molecule has 7 heteroatoms. The quantitative estimate of drug-likeness (QED) is 0.792. The Morgan fingerprint density at radius 1 is 1.33 bits per heavy atom. The van der Waals surface area contributed by atoms with Crippen molar-refractivity contribution in [3.63, 3.8) is 0 Å². The van der Waals surface area contributed by atoms with Crippen LogP contribution in [0.4, 0.5) is 24.8 Å². The SMILES string of the molecule is Nc1cc(NC2CC2)nc(C(F)(F)F)n1. The van der Waals surface area contributed by atoms with Gasteiger partial charge in [-0.05, 0) is 12.8 Å². The van der Waals surface area contributed by atoms with Crippen LogP contribution in [0, 0.1) is 0 Å². The van der Waals surface area contributed by atoms with Gasteiger partial charge in [0, 0.05) is 12.1 Å². The molecule has 82 valence electrons. The van der Waals surface area contributed by atoms with Crippen LogP contribution in [0.1, 0.15) is 18.7 Å². The fourth-order valence-electron chi connectivity index (χ4n) is 1.10. The average Bonchev–Trinajstić information content (AvgIpc) is 2.85. The van der Waals surface area contributed by atoms with Gasteiger partial charge in [0.05, 0.1) is 0 Å². The Morgan fingerprint density at radius 2 is 2.00 bits per heavy atom. The number of nitrogens with one attached hydrogen (secondary N) is 1. The number of nitrogen functional groups attached to an aromatic ring is 1. The van der Waals surface area contributed by atoms with Crippen LogP contribution in [-0.2, 0) is 6.18 Å². The number of rotatable bonds is 2. The van der Waals surface area contributed by atoms with Crippen molar-refractivity contribution in [3.05, 3.63) is 11.9 Å². The number of halogens is 3. The van der Waals surface area contributed by atoms with E-state index >= 15 is 0 Å². The van der Waals surface area contributed by atoms with E-state index in [1.165, 1.54) is 6.07 Å². The third-order valence-corrected chi connectivity index (χ3v) is 1.93. The summed E-state index contributed by atoms with van der Waals surface area (Å²) in [5, 5.41) is 2.84. The predicted molar refractivity (Wildman–Crippen MR) is 48.1 cm³/mol. The molecule has 4 nitrogen and oxygen atoms in total. The highest BCUT2D eigenvalue weighted by Gasteiger charge is 2.35. The number of alkyl halides is 3. The van der Waals surface area contributed by atoms with Gasteiger partial charge in [0.1, 0.15) is 11.6 Å². The Morgan fingerprint density at radius 3 is 2.53 bits per heavy atom. The first-order chi connectivity index (χ1) is 6.95. The highest BCUT2D eigenvalue weighted by Crippen LogP contribution is 2.29. The molecule has 0 unspecified atom stereocenters. The molecule has 0 radical (unpaired) electrons. The maximum Gasteiger partial charge on any atom is 0.451 e. The Balaban J connectivity index is 2.27. The largest absolute Gasteiger partial charge is 0.451 e. The molecule has 0 aromatic carbocycles. The zero-order valence-electron chi connectivity index (χ0n) is 7.67. The lowest BCUT2D eigenvalue weighted by Crippen LogP contribution is -2.15. The lowest BCUT2D eigenvalue weighted by atomic mass is 10.4. The van der Waals surface area contributed by atoms with Crippen LogP contribution in [0.5, 0.6) is 0 Å². The minimum atomic E-state index is -4.56. The second kappa shape index (κ2) is 3.25. The monoisotopic (exact) mass is 218 g/mol. The van der Waals surface area contributed by atoms with Crippen molar-refractivity contribution >= 4 is 11.6 Å². The molecule has 15 heavy (non-hydrogen) atoms. The molecule has 3 N–H and O–H groups in total. The Bertz CT molecular complexity index is 373. The van der Waals surface area contributed by atoms with Gasteiger partial charge in [-0.15, -0.1) is 0 Å². The van der Waals surface area contributed by atoms with E-state index in [9.17, 15) is 13.2 Å². The van der Waals surface area contributed by atoms with E-state index in [1.54, 1.807) is 0 Å². The van der Waals surface area contributed by atoms with Crippen molar-refractivity contribution in [2.45, 2.75) is 25.1 Å². The summed E-state index contributed by atoms with van der Waals surface area (Å²) in [6, 6.07) is 1.52. The molecule has 1 aliphatic carbocycles. The summed E-state index contributed by atoms with van der Waals surface area (Å²) in [6.45, 7) is 0. The summed E-state index contributed by atoms with van der Waals surface area (Å²) in [4.78, 5) is 6.49. The molecule has 0 spiro atoms. The number of anilines is 2. The fourth-order valence-corrected chi connectivity index (χ4v) is 1.10. The molecule has 1 aliphatic rings. The summed E-state index contributed by atoms with van der Waals surface area (Å²) in [5.41, 5.74) is 5.26. The summed E-state index contributed by atoms with van der Waals surface area (Å²) in [6.07, 6.45) is -2.66. The molecular formula is C8H9F3N4. The van der Waals surface area contributed by atoms with Crippen molar-refractivity contribution in [2.75, 3.05) is 11.1 Å². The minimum absolute atomic E-state index is 0.136. The van der Waals surface area contributed by atoms with Crippen LogP contribution in [0.25, 0.3) is 0 Å². The molecule has 1 aromatic rings. The van der Waals surface area contributed by atoms with E-state index in [4.69, 9.17) is 5.73 Å². The van der Waals surface area contributed by atoms with E-state index in [2.05, 4.69) is 15.3 Å². The highest BCUT2D eigenvalue weighted by molar-refractivity contribution is 5.46. The molecule has 2 rings (SSSR count). The molecular weight excluding hydrogens is 209 g/mol. The topological polar surface area (TPSA) is 63.8 Å².